The van der Waals surface area contributed by atoms with E-state index < -0.39 is 74.4 Å². The van der Waals surface area contributed by atoms with Crippen LogP contribution in [0.1, 0.15) is 58.8 Å². The third-order valence-corrected chi connectivity index (χ3v) is 12.4. The van der Waals surface area contributed by atoms with Crippen LogP contribution in [0.2, 0.25) is 5.02 Å². The number of hydrogen-bond acceptors (Lipinski definition) is 9. The number of carbonyl (C=O) groups is 4. The second-order valence-corrected chi connectivity index (χ2v) is 16.5. The Morgan fingerprint density at radius 1 is 1.20 bits per heavy atom. The van der Waals surface area contributed by atoms with Gasteiger partial charge in [-0.3, -0.25) is 14.4 Å². The number of sulfonamides is 1. The number of ether oxygens (including phenoxy) is 2. The molecule has 2 aliphatic heterocycles. The van der Waals surface area contributed by atoms with E-state index in [0.29, 0.717) is 40.8 Å². The lowest BCUT2D eigenvalue weighted by molar-refractivity contribution is -0.142. The second kappa shape index (κ2) is 13.7. The van der Waals surface area contributed by atoms with Crippen molar-refractivity contribution in [3.63, 3.8) is 0 Å². The number of allylic oxidation sites excluding steroid dienone is 1. The van der Waals surface area contributed by atoms with E-state index in [4.69, 9.17) is 21.1 Å². The van der Waals surface area contributed by atoms with Crippen LogP contribution >= 0.6 is 11.6 Å². The maximum Gasteiger partial charge on any atom is 0.405 e. The summed E-state index contributed by atoms with van der Waals surface area (Å²) < 4.78 is 53.6. The average molecular weight is 750 g/mol. The number of hydrogen-bond donors (Lipinski definition) is 4. The molecule has 0 bridgehead atoms. The fraction of sp³-hybridized carbons (Fsp3) is 0.559. The van der Waals surface area contributed by atoms with Gasteiger partial charge in [-0.2, -0.15) is 0 Å². The van der Waals surface area contributed by atoms with E-state index in [9.17, 15) is 37.1 Å². The van der Waals surface area contributed by atoms with E-state index >= 15 is 0 Å². The fourth-order valence-electron chi connectivity index (χ4n) is 7.18. The molecular weight excluding hydrogens is 709 g/mol. The molecule has 51 heavy (non-hydrogen) atoms. The first kappa shape index (κ1) is 36.6. The summed E-state index contributed by atoms with van der Waals surface area (Å²) in [6.45, 7) is 3.62. The topological polar surface area (TPSA) is 193 Å². The molecule has 1 unspecified atom stereocenters. The number of carbonyl (C=O) groups excluding carboxylic acids is 3. The maximum absolute atomic E-state index is 14.7. The number of nitrogens with zero attached hydrogens (tertiary/aromatic N) is 2. The Morgan fingerprint density at radius 2 is 1.94 bits per heavy atom. The van der Waals surface area contributed by atoms with E-state index in [2.05, 4.69) is 15.6 Å². The van der Waals surface area contributed by atoms with Gasteiger partial charge in [0.25, 0.3) is 15.9 Å². The van der Waals surface area contributed by atoms with Crippen molar-refractivity contribution >= 4 is 56.2 Å². The van der Waals surface area contributed by atoms with Gasteiger partial charge in [-0.25, -0.2) is 27.3 Å². The second-order valence-electron chi connectivity index (χ2n) is 14.1. The van der Waals surface area contributed by atoms with Gasteiger partial charge in [0, 0.05) is 36.8 Å². The van der Waals surface area contributed by atoms with Gasteiger partial charge in [0.05, 0.1) is 18.7 Å². The highest BCUT2D eigenvalue weighted by Gasteiger charge is 2.64. The molecule has 1 aromatic heterocycles. The van der Waals surface area contributed by atoms with Crippen LogP contribution in [0.25, 0.3) is 10.8 Å². The molecule has 3 fully saturated rings. The molecule has 4 aliphatic rings. The summed E-state index contributed by atoms with van der Waals surface area (Å²) in [7, 11) is -3.19. The number of pyridine rings is 1. The van der Waals surface area contributed by atoms with Crippen molar-refractivity contribution in [1.82, 2.24) is 25.2 Å². The monoisotopic (exact) mass is 749 g/mol. The van der Waals surface area contributed by atoms with Gasteiger partial charge in [-0.15, -0.1) is 0 Å². The Kier molecular flexibility index (Phi) is 9.87. The van der Waals surface area contributed by atoms with Gasteiger partial charge in [-0.1, -0.05) is 37.6 Å². The van der Waals surface area contributed by atoms with Gasteiger partial charge < -0.3 is 30.1 Å². The molecule has 1 aromatic carbocycles. The molecule has 1 saturated heterocycles. The molecule has 0 radical (unpaired) electrons. The third-order valence-electron chi connectivity index (χ3n) is 10.3. The predicted octanol–water partition coefficient (Wildman–Crippen LogP) is 3.67. The number of carboxylic acid groups (broad SMARTS) is 1. The molecule has 4 amide bonds. The highest BCUT2D eigenvalue weighted by Crippen LogP contribution is 2.48. The van der Waals surface area contributed by atoms with Crippen LogP contribution in [0.4, 0.5) is 9.18 Å². The largest absolute Gasteiger partial charge is 0.495 e. The Bertz CT molecular complexity index is 1890. The normalized spacial score (nSPS) is 31.2. The average Bonchev–Trinajstić information content (AvgIpc) is 3.95. The van der Waals surface area contributed by atoms with Crippen LogP contribution < -0.4 is 24.8 Å². The fourth-order valence-corrected chi connectivity index (χ4v) is 8.67. The summed E-state index contributed by atoms with van der Waals surface area (Å²) >= 11 is 6.40. The highest BCUT2D eigenvalue weighted by atomic mass is 35.5. The molecule has 2 aliphatic carbocycles. The van der Waals surface area contributed by atoms with Crippen LogP contribution in [-0.4, -0.2) is 89.6 Å². The number of fused-ring (bicyclic) bond motifs is 3. The van der Waals surface area contributed by atoms with Gasteiger partial charge in [0.1, 0.15) is 29.5 Å². The predicted molar refractivity (Wildman–Crippen MR) is 183 cm³/mol. The number of aromatic nitrogens is 1. The third kappa shape index (κ3) is 7.30. The Morgan fingerprint density at radius 3 is 2.63 bits per heavy atom. The number of nitrogens with one attached hydrogen (secondary N) is 3. The lowest BCUT2D eigenvalue weighted by Crippen LogP contribution is -2.59. The number of methoxy groups -OCH3 is 1. The molecule has 17 heteroatoms. The number of halogens is 2. The summed E-state index contributed by atoms with van der Waals surface area (Å²) in [4.78, 5) is 59.7. The zero-order valence-corrected chi connectivity index (χ0v) is 29.9. The van der Waals surface area contributed by atoms with Crippen molar-refractivity contribution in [2.24, 2.45) is 17.8 Å². The van der Waals surface area contributed by atoms with E-state index in [1.165, 1.54) is 18.2 Å². The smallest absolute Gasteiger partial charge is 0.405 e. The van der Waals surface area contributed by atoms with Crippen LogP contribution in [0.15, 0.2) is 36.5 Å². The first-order valence-electron chi connectivity index (χ1n) is 16.9. The highest BCUT2D eigenvalue weighted by molar-refractivity contribution is 7.91. The number of benzene rings is 1. The molecule has 0 spiro atoms. The van der Waals surface area contributed by atoms with Crippen molar-refractivity contribution in [1.29, 1.82) is 0 Å². The molecule has 2 saturated carbocycles. The van der Waals surface area contributed by atoms with Crippen LogP contribution in [0, 0.1) is 17.8 Å². The minimum Gasteiger partial charge on any atom is -0.495 e. The standard InChI is InChI=1S/C34H41ClFN5O9S/c1-18-6-4-5-7-21-16-34(21,31(44)40-51(47,48)33(36)9-10-33)39-28(42)25-14-22(17-41(25)30(43)27(19(2)12-18)38-32(45)46)50-29-23-15-24(35)26(49-3)13-20(23)8-11-37-29/h5,7-8,11,13,15,18-19,21-22,25,27,38H,4,6,9-10,12,14,16-17H2,1-3H3,(H,39,42)(H,40,44)(H,45,46)/b7-5-/t18-,19+,21?,22+,25-,27-,34+/m0/s1. The van der Waals surface area contributed by atoms with Crippen LogP contribution in [0.3, 0.4) is 0 Å². The van der Waals surface area contributed by atoms with Gasteiger partial charge >= 0.3 is 6.09 Å². The summed E-state index contributed by atoms with van der Waals surface area (Å²) in [5, 5.41) is 13.8. The first-order valence-corrected chi connectivity index (χ1v) is 18.8. The molecule has 14 nitrogen and oxygen atoms in total. The number of rotatable bonds is 7. The Labute approximate surface area is 299 Å². The van der Waals surface area contributed by atoms with Gasteiger partial charge in [-0.05, 0) is 61.1 Å². The van der Waals surface area contributed by atoms with E-state index in [1.807, 2.05) is 17.7 Å². The van der Waals surface area contributed by atoms with E-state index in [1.54, 1.807) is 31.2 Å². The van der Waals surface area contributed by atoms with E-state index in [0.717, 1.165) is 0 Å². The molecule has 4 N–H and O–H groups in total. The van der Waals surface area contributed by atoms with Gasteiger partial charge in [0.15, 0.2) is 0 Å². The SMILES string of the molecule is COc1cc2ccnc(O[C@@H]3C[C@H]4C(=O)N[C@]5(C(=O)NS(=O)(=O)C6(F)CC6)CC5/C=C\CC[C@H](C)C[C@@H](C)[C@H](NC(=O)O)C(=O)N4C3)c2cc1Cl. The molecule has 3 heterocycles. The van der Waals surface area contributed by atoms with Crippen molar-refractivity contribution in [2.45, 2.75) is 87.5 Å². The zero-order chi connectivity index (χ0) is 36.9. The Balaban J connectivity index is 1.34. The maximum atomic E-state index is 14.7. The first-order chi connectivity index (χ1) is 24.1. The number of amides is 4. The molecule has 2 aromatic rings. The lowest BCUT2D eigenvalue weighted by Gasteiger charge is -2.32. The van der Waals surface area contributed by atoms with Crippen molar-refractivity contribution in [3.8, 4) is 11.6 Å². The van der Waals surface area contributed by atoms with Crippen molar-refractivity contribution in [3.05, 3.63) is 41.6 Å². The molecule has 6 rings (SSSR count). The summed E-state index contributed by atoms with van der Waals surface area (Å²) in [5.74, 6) is -2.86. The minimum atomic E-state index is -4.67. The quantitative estimate of drug-likeness (QED) is 0.304. The molecule has 7 atom stereocenters. The summed E-state index contributed by atoms with van der Waals surface area (Å²) in [6, 6.07) is 2.61. The van der Waals surface area contributed by atoms with Crippen molar-refractivity contribution < 1.29 is 46.6 Å². The van der Waals surface area contributed by atoms with Crippen LogP contribution in [-0.2, 0) is 24.4 Å². The van der Waals surface area contributed by atoms with E-state index in [-0.39, 0.29) is 44.0 Å². The summed E-state index contributed by atoms with van der Waals surface area (Å²) in [6.07, 6.45) is 4.14. The van der Waals surface area contributed by atoms with Crippen LogP contribution in [0.5, 0.6) is 11.6 Å². The minimum absolute atomic E-state index is 0.0520. The van der Waals surface area contributed by atoms with Gasteiger partial charge in [0.2, 0.25) is 22.7 Å². The number of alkyl halides is 1. The zero-order valence-electron chi connectivity index (χ0n) is 28.4. The lowest BCUT2D eigenvalue weighted by atomic mass is 9.88. The molecule has 276 valence electrons. The Hall–Kier alpha value is -4.18. The summed E-state index contributed by atoms with van der Waals surface area (Å²) in [5.41, 5.74) is -1.72. The molecular formula is C34H41ClFN5O9S. The van der Waals surface area contributed by atoms with Crippen molar-refractivity contribution in [2.75, 3.05) is 13.7 Å².